The molecule has 1 N–H and O–H groups in total. The van der Waals surface area contributed by atoms with Crippen LogP contribution in [0.1, 0.15) is 22.6 Å². The van der Waals surface area contributed by atoms with Crippen LogP contribution in [0.2, 0.25) is 0 Å². The maximum atomic E-state index is 5.27. The first-order chi connectivity index (χ1) is 9.24. The summed E-state index contributed by atoms with van der Waals surface area (Å²) in [6, 6.07) is 10.2. The Morgan fingerprint density at radius 2 is 2.16 bits per heavy atom. The summed E-state index contributed by atoms with van der Waals surface area (Å²) in [6.07, 6.45) is 3.60. The van der Waals surface area contributed by atoms with Gasteiger partial charge in [0.15, 0.2) is 0 Å². The standard InChI is InChI=1S/C16H16N2O/c1-11-5-6-16-14(8-11)15(12(2)18-16)10-17-9-13-4-3-7-19-13/h3-8,10,18H,9H2,1-2H3. The van der Waals surface area contributed by atoms with E-state index in [1.54, 1.807) is 6.26 Å². The summed E-state index contributed by atoms with van der Waals surface area (Å²) in [6.45, 7) is 4.75. The average Bonchev–Trinajstić information content (AvgIpc) is 2.99. The lowest BCUT2D eigenvalue weighted by atomic mass is 10.1. The number of H-pyrrole nitrogens is 1. The third kappa shape index (κ3) is 2.32. The minimum absolute atomic E-state index is 0.574. The Kier molecular flexibility index (Phi) is 2.95. The van der Waals surface area contributed by atoms with Gasteiger partial charge in [-0.2, -0.15) is 0 Å². The second kappa shape index (κ2) is 4.76. The molecule has 19 heavy (non-hydrogen) atoms. The SMILES string of the molecule is Cc1ccc2[nH]c(C)c(C=NCc3ccco3)c2c1. The number of nitrogens with zero attached hydrogens (tertiary/aromatic N) is 1. The molecule has 0 unspecified atom stereocenters. The van der Waals surface area contributed by atoms with Crippen LogP contribution in [-0.4, -0.2) is 11.2 Å². The maximum absolute atomic E-state index is 5.27. The van der Waals surface area contributed by atoms with Crippen LogP contribution in [0.25, 0.3) is 10.9 Å². The molecule has 0 amide bonds. The number of hydrogen-bond donors (Lipinski definition) is 1. The first-order valence-electron chi connectivity index (χ1n) is 6.35. The highest BCUT2D eigenvalue weighted by Gasteiger charge is 2.06. The molecule has 0 radical (unpaired) electrons. The molecule has 3 heteroatoms. The highest BCUT2D eigenvalue weighted by atomic mass is 16.3. The molecule has 3 nitrogen and oxygen atoms in total. The van der Waals surface area contributed by atoms with Crippen molar-refractivity contribution in [2.75, 3.05) is 0 Å². The smallest absolute Gasteiger partial charge is 0.125 e. The molecule has 0 aliphatic carbocycles. The summed E-state index contributed by atoms with van der Waals surface area (Å²) in [5.41, 5.74) is 4.71. The molecule has 0 aliphatic rings. The summed E-state index contributed by atoms with van der Waals surface area (Å²) < 4.78 is 5.27. The van der Waals surface area contributed by atoms with Gasteiger partial charge in [0.1, 0.15) is 5.76 Å². The van der Waals surface area contributed by atoms with E-state index in [0.29, 0.717) is 6.54 Å². The Morgan fingerprint density at radius 1 is 1.26 bits per heavy atom. The third-order valence-electron chi connectivity index (χ3n) is 3.24. The quantitative estimate of drug-likeness (QED) is 0.703. The van der Waals surface area contributed by atoms with Crippen LogP contribution in [-0.2, 0) is 6.54 Å². The first-order valence-corrected chi connectivity index (χ1v) is 6.35. The Labute approximate surface area is 112 Å². The van der Waals surface area contributed by atoms with Gasteiger partial charge in [-0.25, -0.2) is 0 Å². The number of rotatable bonds is 3. The molecule has 0 saturated heterocycles. The van der Waals surface area contributed by atoms with Gasteiger partial charge in [0.25, 0.3) is 0 Å². The van der Waals surface area contributed by atoms with Crippen molar-refractivity contribution >= 4 is 17.1 Å². The van der Waals surface area contributed by atoms with Crippen LogP contribution in [0, 0.1) is 13.8 Å². The van der Waals surface area contributed by atoms with Crippen LogP contribution >= 0.6 is 0 Å². The van der Waals surface area contributed by atoms with E-state index in [1.807, 2.05) is 18.3 Å². The molecule has 0 atom stereocenters. The fraction of sp³-hybridized carbons (Fsp3) is 0.188. The zero-order chi connectivity index (χ0) is 13.2. The largest absolute Gasteiger partial charge is 0.467 e. The van der Waals surface area contributed by atoms with E-state index in [-0.39, 0.29) is 0 Å². The highest BCUT2D eigenvalue weighted by molar-refractivity contribution is 6.00. The molecule has 0 saturated carbocycles. The zero-order valence-electron chi connectivity index (χ0n) is 11.1. The van der Waals surface area contributed by atoms with Gasteiger partial charge in [0.05, 0.1) is 12.8 Å². The average molecular weight is 252 g/mol. The Morgan fingerprint density at radius 3 is 2.95 bits per heavy atom. The van der Waals surface area contributed by atoms with Gasteiger partial charge in [-0.05, 0) is 38.1 Å². The fourth-order valence-corrected chi connectivity index (χ4v) is 2.26. The predicted octanol–water partition coefficient (Wildman–Crippen LogP) is 4.00. The Balaban J connectivity index is 1.93. The van der Waals surface area contributed by atoms with Crippen molar-refractivity contribution in [2.45, 2.75) is 20.4 Å². The highest BCUT2D eigenvalue weighted by Crippen LogP contribution is 2.21. The summed E-state index contributed by atoms with van der Waals surface area (Å²) in [5, 5.41) is 1.22. The lowest BCUT2D eigenvalue weighted by Crippen LogP contribution is -1.85. The van der Waals surface area contributed by atoms with Crippen molar-refractivity contribution in [3.63, 3.8) is 0 Å². The van der Waals surface area contributed by atoms with Gasteiger partial charge in [0.2, 0.25) is 0 Å². The van der Waals surface area contributed by atoms with E-state index in [1.165, 1.54) is 10.9 Å². The van der Waals surface area contributed by atoms with Gasteiger partial charge in [0, 0.05) is 28.4 Å². The molecule has 2 aromatic heterocycles. The molecule has 0 bridgehead atoms. The van der Waals surface area contributed by atoms with E-state index in [0.717, 1.165) is 22.5 Å². The van der Waals surface area contributed by atoms with Gasteiger partial charge in [-0.1, -0.05) is 11.6 Å². The van der Waals surface area contributed by atoms with Crippen molar-refractivity contribution in [1.29, 1.82) is 0 Å². The number of aliphatic imine (C=N–C) groups is 1. The molecule has 2 heterocycles. The maximum Gasteiger partial charge on any atom is 0.125 e. The molecular weight excluding hydrogens is 236 g/mol. The van der Waals surface area contributed by atoms with E-state index in [4.69, 9.17) is 4.42 Å². The summed E-state index contributed by atoms with van der Waals surface area (Å²) in [7, 11) is 0. The summed E-state index contributed by atoms with van der Waals surface area (Å²) in [5.74, 6) is 0.880. The number of furan rings is 1. The van der Waals surface area contributed by atoms with Crippen molar-refractivity contribution < 1.29 is 4.42 Å². The summed E-state index contributed by atoms with van der Waals surface area (Å²) >= 11 is 0. The normalized spacial score (nSPS) is 11.7. The number of aryl methyl sites for hydroxylation is 2. The Bertz CT molecular complexity index is 721. The van der Waals surface area contributed by atoms with Gasteiger partial charge in [-0.15, -0.1) is 0 Å². The second-order valence-corrected chi connectivity index (χ2v) is 4.76. The van der Waals surface area contributed by atoms with Crippen LogP contribution in [0.15, 0.2) is 46.0 Å². The van der Waals surface area contributed by atoms with Crippen molar-refractivity contribution in [3.8, 4) is 0 Å². The lowest BCUT2D eigenvalue weighted by molar-refractivity contribution is 0.513. The first kappa shape index (κ1) is 11.8. The van der Waals surface area contributed by atoms with Crippen LogP contribution in [0.3, 0.4) is 0 Å². The van der Waals surface area contributed by atoms with Crippen molar-refractivity contribution in [2.24, 2.45) is 4.99 Å². The number of aromatic amines is 1. The number of aromatic nitrogens is 1. The van der Waals surface area contributed by atoms with Crippen LogP contribution < -0.4 is 0 Å². The van der Waals surface area contributed by atoms with Gasteiger partial charge < -0.3 is 9.40 Å². The molecule has 3 rings (SSSR count). The molecule has 1 aromatic carbocycles. The fourth-order valence-electron chi connectivity index (χ4n) is 2.26. The number of fused-ring (bicyclic) bond motifs is 1. The monoisotopic (exact) mass is 252 g/mol. The van der Waals surface area contributed by atoms with Crippen molar-refractivity contribution in [3.05, 3.63) is 59.2 Å². The minimum atomic E-state index is 0.574. The molecule has 3 aromatic rings. The molecule has 0 spiro atoms. The topological polar surface area (TPSA) is 41.3 Å². The third-order valence-corrected chi connectivity index (χ3v) is 3.24. The molecule has 0 fully saturated rings. The minimum Gasteiger partial charge on any atom is -0.467 e. The van der Waals surface area contributed by atoms with Gasteiger partial charge >= 0.3 is 0 Å². The van der Waals surface area contributed by atoms with Crippen molar-refractivity contribution in [1.82, 2.24) is 4.98 Å². The van der Waals surface area contributed by atoms with E-state index in [9.17, 15) is 0 Å². The van der Waals surface area contributed by atoms with Gasteiger partial charge in [-0.3, -0.25) is 4.99 Å². The predicted molar refractivity (Wildman–Crippen MR) is 77.8 cm³/mol. The van der Waals surface area contributed by atoms with E-state index in [2.05, 4.69) is 42.0 Å². The summed E-state index contributed by atoms with van der Waals surface area (Å²) in [4.78, 5) is 7.84. The van der Waals surface area contributed by atoms with E-state index >= 15 is 0 Å². The number of benzene rings is 1. The van der Waals surface area contributed by atoms with E-state index < -0.39 is 0 Å². The molecular formula is C16H16N2O. The second-order valence-electron chi connectivity index (χ2n) is 4.76. The molecule has 0 aliphatic heterocycles. The van der Waals surface area contributed by atoms with Crippen LogP contribution in [0.4, 0.5) is 0 Å². The number of nitrogens with one attached hydrogen (secondary N) is 1. The Hall–Kier alpha value is -2.29. The van der Waals surface area contributed by atoms with Crippen LogP contribution in [0.5, 0.6) is 0 Å². The lowest BCUT2D eigenvalue weighted by Gasteiger charge is -1.95. The number of hydrogen-bond acceptors (Lipinski definition) is 2. The molecule has 96 valence electrons. The zero-order valence-corrected chi connectivity index (χ0v) is 11.1.